The van der Waals surface area contributed by atoms with E-state index in [-0.39, 0.29) is 12.0 Å². The number of carbonyl (C=O) groups is 2. The smallest absolute Gasteiger partial charge is 0.409 e. The van der Waals surface area contributed by atoms with E-state index in [0.717, 1.165) is 19.5 Å². The second-order valence-corrected chi connectivity index (χ2v) is 4.94. The van der Waals surface area contributed by atoms with Crippen LogP contribution in [0, 0.1) is 5.92 Å². The van der Waals surface area contributed by atoms with E-state index < -0.39 is 0 Å². The summed E-state index contributed by atoms with van der Waals surface area (Å²) in [7, 11) is 0. The van der Waals surface area contributed by atoms with Gasteiger partial charge in [-0.3, -0.25) is 4.79 Å². The normalized spacial score (nSPS) is 25.0. The van der Waals surface area contributed by atoms with Crippen molar-refractivity contribution in [3.8, 4) is 0 Å². The average molecular weight is 240 g/mol. The van der Waals surface area contributed by atoms with Crippen molar-refractivity contribution >= 4 is 12.0 Å². The van der Waals surface area contributed by atoms with Crippen LogP contribution in [0.5, 0.6) is 0 Å². The molecule has 0 spiro atoms. The van der Waals surface area contributed by atoms with Crippen molar-refractivity contribution in [2.24, 2.45) is 5.92 Å². The Labute approximate surface area is 102 Å². The lowest BCUT2D eigenvalue weighted by Crippen LogP contribution is -2.40. The Kier molecular flexibility index (Phi) is 3.86. The molecule has 2 aliphatic rings. The van der Waals surface area contributed by atoms with Crippen molar-refractivity contribution in [2.45, 2.75) is 26.2 Å². The van der Waals surface area contributed by atoms with Gasteiger partial charge in [0.2, 0.25) is 5.91 Å². The predicted octanol–water partition coefficient (Wildman–Crippen LogP) is 1.09. The second kappa shape index (κ2) is 5.38. The van der Waals surface area contributed by atoms with Gasteiger partial charge < -0.3 is 14.5 Å². The highest BCUT2D eigenvalue weighted by Crippen LogP contribution is 2.16. The Balaban J connectivity index is 1.74. The number of ether oxygens (including phenoxy) is 1. The summed E-state index contributed by atoms with van der Waals surface area (Å²) >= 11 is 0. The Morgan fingerprint density at radius 3 is 2.94 bits per heavy atom. The van der Waals surface area contributed by atoms with E-state index in [4.69, 9.17) is 4.74 Å². The van der Waals surface area contributed by atoms with Crippen LogP contribution in [0.4, 0.5) is 4.79 Å². The first kappa shape index (κ1) is 12.2. The minimum atomic E-state index is -0.287. The number of hydrogen-bond donors (Lipinski definition) is 0. The molecule has 1 unspecified atom stereocenters. The molecular weight excluding hydrogens is 220 g/mol. The van der Waals surface area contributed by atoms with Crippen LogP contribution >= 0.6 is 0 Å². The molecule has 0 aromatic carbocycles. The van der Waals surface area contributed by atoms with Crippen LogP contribution in [0.25, 0.3) is 0 Å². The van der Waals surface area contributed by atoms with E-state index in [1.165, 1.54) is 6.42 Å². The molecule has 0 N–H and O–H groups in total. The lowest BCUT2D eigenvalue weighted by molar-refractivity contribution is -0.133. The molecule has 0 radical (unpaired) electrons. The molecule has 1 atom stereocenters. The highest BCUT2D eigenvalue weighted by molar-refractivity contribution is 5.77. The topological polar surface area (TPSA) is 49.9 Å². The van der Waals surface area contributed by atoms with Crippen molar-refractivity contribution in [2.75, 3.05) is 32.8 Å². The SMILES string of the molecule is CC1CCCN(C(=O)CCN2CCOC2=O)C1. The van der Waals surface area contributed by atoms with Gasteiger partial charge in [-0.15, -0.1) is 0 Å². The fourth-order valence-corrected chi connectivity index (χ4v) is 2.43. The third-order valence-electron chi connectivity index (χ3n) is 3.45. The summed E-state index contributed by atoms with van der Waals surface area (Å²) in [5, 5.41) is 0. The third-order valence-corrected chi connectivity index (χ3v) is 3.45. The molecule has 0 aromatic rings. The third kappa shape index (κ3) is 3.11. The van der Waals surface area contributed by atoms with Gasteiger partial charge in [0.25, 0.3) is 0 Å². The molecular formula is C12H20N2O3. The molecule has 96 valence electrons. The van der Waals surface area contributed by atoms with Crippen molar-refractivity contribution in [1.82, 2.24) is 9.80 Å². The zero-order valence-corrected chi connectivity index (χ0v) is 10.4. The molecule has 0 aliphatic carbocycles. The number of likely N-dealkylation sites (tertiary alicyclic amines) is 1. The van der Waals surface area contributed by atoms with E-state index in [9.17, 15) is 9.59 Å². The van der Waals surface area contributed by atoms with Crippen molar-refractivity contribution < 1.29 is 14.3 Å². The molecule has 5 heteroatoms. The van der Waals surface area contributed by atoms with E-state index in [1.807, 2.05) is 4.90 Å². The van der Waals surface area contributed by atoms with E-state index in [2.05, 4.69) is 6.92 Å². The lowest BCUT2D eigenvalue weighted by Gasteiger charge is -2.31. The van der Waals surface area contributed by atoms with Crippen LogP contribution in [0.1, 0.15) is 26.2 Å². The van der Waals surface area contributed by atoms with Gasteiger partial charge in [0, 0.05) is 26.1 Å². The largest absolute Gasteiger partial charge is 0.448 e. The number of piperidine rings is 1. The summed E-state index contributed by atoms with van der Waals surface area (Å²) in [6.07, 6.45) is 2.44. The Morgan fingerprint density at radius 1 is 1.47 bits per heavy atom. The fourth-order valence-electron chi connectivity index (χ4n) is 2.43. The van der Waals surface area contributed by atoms with Crippen LogP contribution in [-0.4, -0.2) is 54.6 Å². The van der Waals surface area contributed by atoms with Gasteiger partial charge in [-0.1, -0.05) is 6.92 Å². The molecule has 2 fully saturated rings. The minimum Gasteiger partial charge on any atom is -0.448 e. The van der Waals surface area contributed by atoms with E-state index in [1.54, 1.807) is 4.90 Å². The number of nitrogens with zero attached hydrogens (tertiary/aromatic N) is 2. The Hall–Kier alpha value is -1.26. The zero-order valence-electron chi connectivity index (χ0n) is 10.4. The molecule has 2 heterocycles. The number of carbonyl (C=O) groups excluding carboxylic acids is 2. The van der Waals surface area contributed by atoms with Gasteiger partial charge in [0.15, 0.2) is 0 Å². The van der Waals surface area contributed by atoms with Crippen molar-refractivity contribution in [3.05, 3.63) is 0 Å². The zero-order chi connectivity index (χ0) is 12.3. The molecule has 0 aromatic heterocycles. The molecule has 2 amide bonds. The maximum Gasteiger partial charge on any atom is 0.409 e. The van der Waals surface area contributed by atoms with Crippen molar-refractivity contribution in [3.63, 3.8) is 0 Å². The Morgan fingerprint density at radius 2 is 2.29 bits per heavy atom. The first-order chi connectivity index (χ1) is 8.16. The lowest BCUT2D eigenvalue weighted by atomic mass is 10.00. The number of amides is 2. The van der Waals surface area contributed by atoms with Gasteiger partial charge in [-0.2, -0.15) is 0 Å². The number of cyclic esters (lactones) is 1. The van der Waals surface area contributed by atoms with Gasteiger partial charge >= 0.3 is 6.09 Å². The number of rotatable bonds is 3. The van der Waals surface area contributed by atoms with Crippen LogP contribution in [0.2, 0.25) is 0 Å². The summed E-state index contributed by atoms with van der Waals surface area (Å²) in [6, 6.07) is 0. The molecule has 2 saturated heterocycles. The van der Waals surface area contributed by atoms with Gasteiger partial charge in [0.05, 0.1) is 6.54 Å². The van der Waals surface area contributed by atoms with Crippen molar-refractivity contribution in [1.29, 1.82) is 0 Å². The molecule has 0 saturated carbocycles. The van der Waals surface area contributed by atoms with Gasteiger partial charge in [-0.05, 0) is 18.8 Å². The Bertz CT molecular complexity index is 306. The molecule has 5 nitrogen and oxygen atoms in total. The summed E-state index contributed by atoms with van der Waals surface area (Å²) < 4.78 is 4.82. The second-order valence-electron chi connectivity index (χ2n) is 4.94. The predicted molar refractivity (Wildman–Crippen MR) is 62.5 cm³/mol. The average Bonchev–Trinajstić information content (AvgIpc) is 2.72. The number of hydrogen-bond acceptors (Lipinski definition) is 3. The maximum atomic E-state index is 12.0. The van der Waals surface area contributed by atoms with Crippen LogP contribution in [-0.2, 0) is 9.53 Å². The van der Waals surface area contributed by atoms with Crippen LogP contribution in [0.15, 0.2) is 0 Å². The van der Waals surface area contributed by atoms with Gasteiger partial charge in [0.1, 0.15) is 6.61 Å². The van der Waals surface area contributed by atoms with E-state index in [0.29, 0.717) is 32.0 Å². The summed E-state index contributed by atoms with van der Waals surface area (Å²) in [5.41, 5.74) is 0. The molecule has 17 heavy (non-hydrogen) atoms. The molecule has 2 rings (SSSR count). The fraction of sp³-hybridized carbons (Fsp3) is 0.833. The minimum absolute atomic E-state index is 0.163. The summed E-state index contributed by atoms with van der Waals surface area (Å²) in [4.78, 5) is 26.7. The first-order valence-electron chi connectivity index (χ1n) is 6.36. The standard InChI is InChI=1S/C12H20N2O3/c1-10-3-2-5-14(9-10)11(15)4-6-13-7-8-17-12(13)16/h10H,2-9H2,1H3. The molecule has 2 aliphatic heterocycles. The first-order valence-corrected chi connectivity index (χ1v) is 6.36. The molecule has 0 bridgehead atoms. The summed E-state index contributed by atoms with van der Waals surface area (Å²) in [5.74, 6) is 0.765. The monoisotopic (exact) mass is 240 g/mol. The van der Waals surface area contributed by atoms with Crippen LogP contribution in [0.3, 0.4) is 0 Å². The summed E-state index contributed by atoms with van der Waals surface area (Å²) in [6.45, 7) is 5.47. The van der Waals surface area contributed by atoms with Gasteiger partial charge in [-0.25, -0.2) is 4.79 Å². The highest BCUT2D eigenvalue weighted by Gasteiger charge is 2.25. The maximum absolute atomic E-state index is 12.0. The van der Waals surface area contributed by atoms with Crippen LogP contribution < -0.4 is 0 Å². The van der Waals surface area contributed by atoms with E-state index >= 15 is 0 Å². The quantitative estimate of drug-likeness (QED) is 0.742. The highest BCUT2D eigenvalue weighted by atomic mass is 16.6.